The summed E-state index contributed by atoms with van der Waals surface area (Å²) in [6, 6.07) is 15.1. The van der Waals surface area contributed by atoms with Gasteiger partial charge >= 0.3 is 0 Å². The van der Waals surface area contributed by atoms with Crippen molar-refractivity contribution in [3.8, 4) is 0 Å². The van der Waals surface area contributed by atoms with E-state index in [1.54, 1.807) is 18.2 Å². The molecule has 4 nitrogen and oxygen atoms in total. The molecule has 1 N–H and O–H groups in total. The number of carbonyl (C=O) groups excluding carboxylic acids is 2. The van der Waals surface area contributed by atoms with Gasteiger partial charge in [0.25, 0.3) is 5.91 Å². The molecule has 146 valence electrons. The summed E-state index contributed by atoms with van der Waals surface area (Å²) in [7, 11) is 0. The highest BCUT2D eigenvalue weighted by Crippen LogP contribution is 2.29. The fourth-order valence-corrected chi connectivity index (χ4v) is 4.95. The third kappa shape index (κ3) is 4.09. The molecule has 2 aromatic carbocycles. The Bertz CT molecular complexity index is 859. The van der Waals surface area contributed by atoms with Gasteiger partial charge in [0, 0.05) is 10.0 Å². The number of halogens is 2. The van der Waals surface area contributed by atoms with Gasteiger partial charge in [0.05, 0.1) is 25.2 Å². The monoisotopic (exact) mass is 417 g/mol. The van der Waals surface area contributed by atoms with E-state index in [0.717, 1.165) is 32.4 Å². The van der Waals surface area contributed by atoms with Crippen molar-refractivity contribution in [3.05, 3.63) is 64.1 Å². The second kappa shape index (κ2) is 8.24. The summed E-state index contributed by atoms with van der Waals surface area (Å²) in [6.07, 6.45) is 3.48. The number of nitrogens with zero attached hydrogens (tertiary/aromatic N) is 1. The lowest BCUT2D eigenvalue weighted by molar-refractivity contribution is -0.920. The van der Waals surface area contributed by atoms with E-state index in [1.165, 1.54) is 15.4 Å². The van der Waals surface area contributed by atoms with Gasteiger partial charge in [-0.3, -0.25) is 9.59 Å². The fraction of sp³-hybridized carbons (Fsp3) is 0.364. The van der Waals surface area contributed by atoms with Gasteiger partial charge in [-0.05, 0) is 48.9 Å². The molecule has 0 aromatic heterocycles. The van der Waals surface area contributed by atoms with Crippen LogP contribution >= 0.6 is 23.2 Å². The van der Waals surface area contributed by atoms with Crippen molar-refractivity contribution in [2.75, 3.05) is 18.0 Å². The molecule has 0 radical (unpaired) electrons. The predicted molar refractivity (Wildman–Crippen MR) is 111 cm³/mol. The molecule has 2 aromatic rings. The highest BCUT2D eigenvalue weighted by atomic mass is 35.5. The van der Waals surface area contributed by atoms with Crippen LogP contribution in [-0.2, 0) is 16.0 Å². The van der Waals surface area contributed by atoms with Gasteiger partial charge in [-0.15, -0.1) is 0 Å². The van der Waals surface area contributed by atoms with E-state index in [0.29, 0.717) is 21.7 Å². The Morgan fingerprint density at radius 2 is 1.61 bits per heavy atom. The number of imide groups is 1. The number of piperidine rings is 1. The van der Waals surface area contributed by atoms with Crippen LogP contribution in [0.1, 0.15) is 24.8 Å². The molecule has 2 saturated heterocycles. The summed E-state index contributed by atoms with van der Waals surface area (Å²) in [4.78, 5) is 28.1. The Kier molecular flexibility index (Phi) is 5.72. The Hall–Kier alpha value is -1.88. The largest absolute Gasteiger partial charge is 0.324 e. The van der Waals surface area contributed by atoms with Crippen molar-refractivity contribution >= 4 is 40.7 Å². The van der Waals surface area contributed by atoms with Crippen LogP contribution in [0, 0.1) is 5.92 Å². The van der Waals surface area contributed by atoms with Crippen molar-refractivity contribution in [2.45, 2.75) is 31.7 Å². The smallest absolute Gasteiger partial charge is 0.292 e. The second-order valence-corrected chi connectivity index (χ2v) is 8.62. The zero-order valence-electron chi connectivity index (χ0n) is 15.5. The average Bonchev–Trinajstić information content (AvgIpc) is 2.97. The van der Waals surface area contributed by atoms with E-state index >= 15 is 0 Å². The molecule has 2 aliphatic heterocycles. The lowest BCUT2D eigenvalue weighted by Gasteiger charge is -2.32. The summed E-state index contributed by atoms with van der Waals surface area (Å²) >= 11 is 12.1. The third-order valence-electron chi connectivity index (χ3n) is 5.86. The highest BCUT2D eigenvalue weighted by Gasteiger charge is 2.46. The molecule has 1 atom stereocenters. The molecular formula is C22H23Cl2N2O2+. The quantitative estimate of drug-likeness (QED) is 0.776. The summed E-state index contributed by atoms with van der Waals surface area (Å²) in [6.45, 7) is 1.84. The SMILES string of the molecule is O=C1C[C@H]([NH+]2CCC(Cc3ccccc3)CC2)C(=O)N1c1cc(Cl)cc(Cl)c1. The van der Waals surface area contributed by atoms with Crippen molar-refractivity contribution < 1.29 is 14.5 Å². The zero-order valence-corrected chi connectivity index (χ0v) is 17.0. The van der Waals surface area contributed by atoms with Gasteiger partial charge in [0.15, 0.2) is 6.04 Å². The zero-order chi connectivity index (χ0) is 19.7. The van der Waals surface area contributed by atoms with Crippen molar-refractivity contribution in [2.24, 2.45) is 5.92 Å². The fourth-order valence-electron chi connectivity index (χ4n) is 4.44. The maximum absolute atomic E-state index is 13.0. The molecule has 2 aliphatic rings. The van der Waals surface area contributed by atoms with Crippen LogP contribution in [-0.4, -0.2) is 30.9 Å². The Morgan fingerprint density at radius 3 is 2.25 bits per heavy atom. The molecule has 6 heteroatoms. The number of nitrogens with one attached hydrogen (secondary N) is 1. The molecule has 0 bridgehead atoms. The van der Waals surface area contributed by atoms with Crippen LogP contribution in [0.3, 0.4) is 0 Å². The number of quaternary nitrogens is 1. The van der Waals surface area contributed by atoms with Crippen LogP contribution in [0.2, 0.25) is 10.0 Å². The van der Waals surface area contributed by atoms with Crippen LogP contribution in [0.25, 0.3) is 0 Å². The summed E-state index contributed by atoms with van der Waals surface area (Å²) < 4.78 is 0. The normalized spacial score (nSPS) is 25.4. The Labute approximate surface area is 175 Å². The Balaban J connectivity index is 1.40. The maximum atomic E-state index is 13.0. The average molecular weight is 418 g/mol. The topological polar surface area (TPSA) is 41.8 Å². The first-order valence-electron chi connectivity index (χ1n) is 9.72. The number of hydrogen-bond donors (Lipinski definition) is 1. The minimum atomic E-state index is -0.303. The van der Waals surface area contributed by atoms with Gasteiger partial charge in [0.2, 0.25) is 5.91 Å². The first-order valence-corrected chi connectivity index (χ1v) is 10.5. The van der Waals surface area contributed by atoms with E-state index in [9.17, 15) is 9.59 Å². The summed E-state index contributed by atoms with van der Waals surface area (Å²) in [5.41, 5.74) is 1.83. The van der Waals surface area contributed by atoms with Crippen molar-refractivity contribution in [3.63, 3.8) is 0 Å². The van der Waals surface area contributed by atoms with Gasteiger partial charge in [-0.1, -0.05) is 53.5 Å². The number of carbonyl (C=O) groups is 2. The van der Waals surface area contributed by atoms with E-state index in [4.69, 9.17) is 23.2 Å². The first kappa shape index (κ1) is 19.4. The standard InChI is InChI=1S/C22H22Cl2N2O2/c23-17-11-18(24)13-19(12-17)26-21(27)14-20(22(26)28)25-8-6-16(7-9-25)10-15-4-2-1-3-5-15/h1-5,11-13,16,20H,6-10,14H2/p+1/t20-/m0/s1. The number of benzene rings is 2. The van der Waals surface area contributed by atoms with Gasteiger partial charge < -0.3 is 4.90 Å². The highest BCUT2D eigenvalue weighted by molar-refractivity contribution is 6.35. The lowest BCUT2D eigenvalue weighted by atomic mass is 9.89. The summed E-state index contributed by atoms with van der Waals surface area (Å²) in [5, 5.41) is 0.834. The minimum absolute atomic E-state index is 0.139. The van der Waals surface area contributed by atoms with E-state index in [-0.39, 0.29) is 24.3 Å². The predicted octanol–water partition coefficient (Wildman–Crippen LogP) is 3.16. The number of anilines is 1. The Morgan fingerprint density at radius 1 is 0.964 bits per heavy atom. The molecule has 0 spiro atoms. The molecule has 28 heavy (non-hydrogen) atoms. The van der Waals surface area contributed by atoms with E-state index < -0.39 is 0 Å². The molecule has 4 rings (SSSR count). The van der Waals surface area contributed by atoms with Gasteiger partial charge in [0.1, 0.15) is 0 Å². The first-order chi connectivity index (χ1) is 13.5. The van der Waals surface area contributed by atoms with Gasteiger partial charge in [-0.25, -0.2) is 4.90 Å². The number of likely N-dealkylation sites (tertiary alicyclic amines) is 1. The van der Waals surface area contributed by atoms with Gasteiger partial charge in [-0.2, -0.15) is 0 Å². The van der Waals surface area contributed by atoms with Crippen LogP contribution in [0.5, 0.6) is 0 Å². The molecule has 0 saturated carbocycles. The molecule has 0 unspecified atom stereocenters. The minimum Gasteiger partial charge on any atom is -0.324 e. The molecule has 2 amide bonds. The third-order valence-corrected chi connectivity index (χ3v) is 6.30. The number of rotatable bonds is 4. The number of hydrogen-bond acceptors (Lipinski definition) is 2. The molecule has 2 fully saturated rings. The second-order valence-electron chi connectivity index (χ2n) is 7.74. The van der Waals surface area contributed by atoms with Crippen LogP contribution in [0.4, 0.5) is 5.69 Å². The summed E-state index contributed by atoms with van der Waals surface area (Å²) in [5.74, 6) is 0.327. The van der Waals surface area contributed by atoms with Crippen molar-refractivity contribution in [1.29, 1.82) is 0 Å². The maximum Gasteiger partial charge on any atom is 0.292 e. The number of amides is 2. The lowest BCUT2D eigenvalue weighted by Crippen LogP contribution is -3.17. The molecule has 0 aliphatic carbocycles. The van der Waals surface area contributed by atoms with Crippen LogP contribution in [0.15, 0.2) is 48.5 Å². The van der Waals surface area contributed by atoms with Crippen molar-refractivity contribution in [1.82, 2.24) is 0 Å². The molecule has 2 heterocycles. The van der Waals surface area contributed by atoms with E-state index in [2.05, 4.69) is 24.3 Å². The van der Waals surface area contributed by atoms with E-state index in [1.807, 2.05) is 6.07 Å². The molecular weight excluding hydrogens is 395 g/mol. The van der Waals surface area contributed by atoms with Crippen LogP contribution < -0.4 is 9.80 Å².